The van der Waals surface area contributed by atoms with Crippen molar-refractivity contribution in [3.05, 3.63) is 48.0 Å². The number of carbonyl (C=O) groups is 6. The third-order valence-electron chi connectivity index (χ3n) is 9.56. The molecule has 2 saturated carbocycles. The van der Waals surface area contributed by atoms with Gasteiger partial charge in [-0.1, -0.05) is 74.6 Å². The van der Waals surface area contributed by atoms with Gasteiger partial charge in [0.05, 0.1) is 12.6 Å². The number of allylic oxidation sites excluding steroid dienone is 1. The molecule has 0 radical (unpaired) electrons. The number of nitrogens with one attached hydrogen (secondary N) is 4. The first-order valence-corrected chi connectivity index (χ1v) is 18.3. The summed E-state index contributed by atoms with van der Waals surface area (Å²) in [6.07, 6.45) is 11.5. The van der Waals surface area contributed by atoms with Crippen LogP contribution in [0, 0.1) is 11.8 Å². The van der Waals surface area contributed by atoms with E-state index in [0.29, 0.717) is 32.4 Å². The smallest absolute Gasteiger partial charge is 0.408 e. The number of nitrogens with zero attached hydrogens (tertiary/aromatic N) is 1. The minimum atomic E-state index is -1.11. The number of hydrogen-bond donors (Lipinski definition) is 4. The first-order valence-electron chi connectivity index (χ1n) is 18.3. The van der Waals surface area contributed by atoms with Gasteiger partial charge in [-0.3, -0.25) is 24.0 Å². The standard InChI is InChI=1S/C38H55N5O7/c1-38(2,3)50-37(49)42-29-20-9-4-5-12-21-39-34(46)31(23-26-14-7-6-8-15-26)41-35(47)33(45)30(22-27-18-13-19-27)40-32(44)25-43(36(29)48)24-28-16-10-11-17-28/h4-8,14-15,27-31H,9-13,16-25H2,1-3H3,(H,39,46)(H,40,44)(H,41,47)(H,42,49)/b5-4-/t29-,30?,31-/m0/s1. The van der Waals surface area contributed by atoms with E-state index >= 15 is 0 Å². The van der Waals surface area contributed by atoms with Gasteiger partial charge in [0.15, 0.2) is 0 Å². The van der Waals surface area contributed by atoms with Gasteiger partial charge in [0, 0.05) is 19.5 Å². The fraction of sp³-hybridized carbons (Fsp3) is 0.632. The summed E-state index contributed by atoms with van der Waals surface area (Å²) in [5.74, 6) is -2.77. The van der Waals surface area contributed by atoms with Crippen molar-refractivity contribution in [2.75, 3.05) is 19.6 Å². The molecule has 274 valence electrons. The second-order valence-electron chi connectivity index (χ2n) is 14.9. The van der Waals surface area contributed by atoms with Gasteiger partial charge in [-0.15, -0.1) is 0 Å². The molecule has 0 saturated heterocycles. The molecule has 12 nitrogen and oxygen atoms in total. The molecule has 1 heterocycles. The molecule has 50 heavy (non-hydrogen) atoms. The molecule has 0 aromatic heterocycles. The van der Waals surface area contributed by atoms with Crippen molar-refractivity contribution in [2.45, 2.75) is 122 Å². The predicted molar refractivity (Wildman–Crippen MR) is 189 cm³/mol. The molecule has 1 unspecified atom stereocenters. The van der Waals surface area contributed by atoms with Crippen molar-refractivity contribution in [3.8, 4) is 0 Å². The highest BCUT2D eigenvalue weighted by atomic mass is 16.6. The van der Waals surface area contributed by atoms with Gasteiger partial charge >= 0.3 is 6.09 Å². The van der Waals surface area contributed by atoms with Crippen LogP contribution in [0.25, 0.3) is 0 Å². The zero-order chi connectivity index (χ0) is 36.1. The summed E-state index contributed by atoms with van der Waals surface area (Å²) in [5.41, 5.74) is 0.0448. The van der Waals surface area contributed by atoms with Crippen LogP contribution in [0.4, 0.5) is 4.79 Å². The van der Waals surface area contributed by atoms with Crippen LogP contribution in [-0.4, -0.2) is 83.8 Å². The fourth-order valence-corrected chi connectivity index (χ4v) is 6.72. The largest absolute Gasteiger partial charge is 0.444 e. The molecular formula is C38H55N5O7. The molecule has 2 fully saturated rings. The van der Waals surface area contributed by atoms with Crippen molar-refractivity contribution >= 4 is 35.5 Å². The summed E-state index contributed by atoms with van der Waals surface area (Å²) in [4.78, 5) is 82.7. The van der Waals surface area contributed by atoms with Gasteiger partial charge in [-0.05, 0) is 76.7 Å². The fourth-order valence-electron chi connectivity index (χ4n) is 6.72. The van der Waals surface area contributed by atoms with Crippen molar-refractivity contribution in [1.29, 1.82) is 0 Å². The van der Waals surface area contributed by atoms with Crippen molar-refractivity contribution in [3.63, 3.8) is 0 Å². The van der Waals surface area contributed by atoms with E-state index in [4.69, 9.17) is 4.74 Å². The molecule has 1 aromatic carbocycles. The summed E-state index contributed by atoms with van der Waals surface area (Å²) in [7, 11) is 0. The van der Waals surface area contributed by atoms with Gasteiger partial charge in [0.1, 0.15) is 17.7 Å². The summed E-state index contributed by atoms with van der Waals surface area (Å²) in [6, 6.07) is 6.17. The first-order chi connectivity index (χ1) is 23.9. The maximum absolute atomic E-state index is 14.1. The third-order valence-corrected chi connectivity index (χ3v) is 9.56. The predicted octanol–water partition coefficient (Wildman–Crippen LogP) is 3.73. The Morgan fingerprint density at radius 2 is 1.54 bits per heavy atom. The van der Waals surface area contributed by atoms with Gasteiger partial charge in [0.2, 0.25) is 23.5 Å². The van der Waals surface area contributed by atoms with Gasteiger partial charge in [-0.25, -0.2) is 4.79 Å². The van der Waals surface area contributed by atoms with Gasteiger partial charge in [0.25, 0.3) is 5.91 Å². The van der Waals surface area contributed by atoms with E-state index < -0.39 is 59.2 Å². The van der Waals surface area contributed by atoms with Crippen molar-refractivity contribution < 1.29 is 33.5 Å². The van der Waals surface area contributed by atoms with E-state index in [2.05, 4.69) is 21.3 Å². The molecule has 3 aliphatic rings. The van der Waals surface area contributed by atoms with Crippen LogP contribution in [-0.2, 0) is 35.1 Å². The molecular weight excluding hydrogens is 638 g/mol. The van der Waals surface area contributed by atoms with Crippen LogP contribution in [0.1, 0.15) is 97.0 Å². The zero-order valence-corrected chi connectivity index (χ0v) is 29.8. The van der Waals surface area contributed by atoms with Crippen LogP contribution < -0.4 is 21.3 Å². The molecule has 0 bridgehead atoms. The molecule has 4 rings (SSSR count). The van der Waals surface area contributed by atoms with Crippen LogP contribution in [0.2, 0.25) is 0 Å². The van der Waals surface area contributed by atoms with Crippen LogP contribution >= 0.6 is 0 Å². The lowest BCUT2D eigenvalue weighted by molar-refractivity contribution is -0.142. The number of amides is 5. The Kier molecular flexibility index (Phi) is 14.4. The monoisotopic (exact) mass is 693 g/mol. The van der Waals surface area contributed by atoms with E-state index in [1.54, 1.807) is 20.8 Å². The normalized spacial score (nSPS) is 24.9. The summed E-state index contributed by atoms with van der Waals surface area (Å²) in [5, 5.41) is 11.0. The van der Waals surface area contributed by atoms with Crippen molar-refractivity contribution in [2.24, 2.45) is 11.8 Å². The second-order valence-corrected chi connectivity index (χ2v) is 14.9. The van der Waals surface area contributed by atoms with E-state index in [1.807, 2.05) is 42.5 Å². The number of carbonyl (C=O) groups excluding carboxylic acids is 6. The summed E-state index contributed by atoms with van der Waals surface area (Å²) < 4.78 is 5.47. The zero-order valence-electron chi connectivity index (χ0n) is 29.8. The topological polar surface area (TPSA) is 163 Å². The van der Waals surface area contributed by atoms with E-state index in [9.17, 15) is 28.8 Å². The Morgan fingerprint density at radius 1 is 0.860 bits per heavy atom. The molecule has 4 N–H and O–H groups in total. The first kappa shape index (κ1) is 38.6. The number of hydrogen-bond acceptors (Lipinski definition) is 7. The van der Waals surface area contributed by atoms with Crippen LogP contribution in [0.15, 0.2) is 42.5 Å². The third kappa shape index (κ3) is 12.6. The quantitative estimate of drug-likeness (QED) is 0.250. The molecule has 0 spiro atoms. The number of Topliss-reactive ketones (excluding diaryl/α,β-unsaturated/α-hetero) is 1. The summed E-state index contributed by atoms with van der Waals surface area (Å²) >= 11 is 0. The average Bonchev–Trinajstić information content (AvgIpc) is 3.55. The number of ketones is 1. The van der Waals surface area contributed by atoms with E-state index in [0.717, 1.165) is 50.5 Å². The highest BCUT2D eigenvalue weighted by Gasteiger charge is 2.36. The number of ether oxygens (including phenoxy) is 1. The SMILES string of the molecule is CC(C)(C)OC(=O)N[C@H]1CC/C=C\CCNC(=O)[C@H](Cc2ccccc2)NC(=O)C(=O)C(CC2CCC2)NC(=O)CN(CC2CCCC2)C1=O. The Morgan fingerprint density at radius 3 is 2.20 bits per heavy atom. The Balaban J connectivity index is 1.60. The second kappa shape index (κ2) is 18.7. The Labute approximate surface area is 295 Å². The molecule has 1 aliphatic heterocycles. The van der Waals surface area contributed by atoms with E-state index in [1.165, 1.54) is 4.90 Å². The molecule has 1 aromatic rings. The lowest BCUT2D eigenvalue weighted by atomic mass is 9.80. The highest BCUT2D eigenvalue weighted by Crippen LogP contribution is 2.31. The number of alkyl carbamates (subject to hydrolysis) is 1. The number of benzene rings is 1. The maximum atomic E-state index is 14.1. The highest BCUT2D eigenvalue weighted by molar-refractivity contribution is 6.38. The van der Waals surface area contributed by atoms with E-state index in [-0.39, 0.29) is 31.2 Å². The molecule has 3 atom stereocenters. The van der Waals surface area contributed by atoms with Crippen molar-refractivity contribution in [1.82, 2.24) is 26.2 Å². The van der Waals surface area contributed by atoms with Crippen LogP contribution in [0.5, 0.6) is 0 Å². The van der Waals surface area contributed by atoms with Gasteiger partial charge in [-0.2, -0.15) is 0 Å². The lowest BCUT2D eigenvalue weighted by Gasteiger charge is -2.32. The maximum Gasteiger partial charge on any atom is 0.408 e. The number of rotatable bonds is 7. The molecule has 5 amide bonds. The minimum absolute atomic E-state index is 0.174. The summed E-state index contributed by atoms with van der Waals surface area (Å²) in [6.45, 7) is 5.52. The van der Waals surface area contributed by atoms with Gasteiger partial charge < -0.3 is 30.9 Å². The lowest BCUT2D eigenvalue weighted by Crippen LogP contribution is -2.56. The Hall–Kier alpha value is -4.22. The Bertz CT molecular complexity index is 1370. The average molecular weight is 694 g/mol. The molecule has 2 aliphatic carbocycles. The molecule has 12 heteroatoms. The minimum Gasteiger partial charge on any atom is -0.444 e. The van der Waals surface area contributed by atoms with Crippen LogP contribution in [0.3, 0.4) is 0 Å².